The third-order valence-electron chi connectivity index (χ3n) is 4.44. The van der Waals surface area contributed by atoms with E-state index >= 15 is 0 Å². The van der Waals surface area contributed by atoms with Crippen molar-refractivity contribution in [2.45, 2.75) is 19.9 Å². The predicted molar refractivity (Wildman–Crippen MR) is 111 cm³/mol. The summed E-state index contributed by atoms with van der Waals surface area (Å²) >= 11 is 3.42. The minimum atomic E-state index is -0.437. The topological polar surface area (TPSA) is 81.2 Å². The van der Waals surface area contributed by atoms with Crippen LogP contribution in [0.1, 0.15) is 28.0 Å². The van der Waals surface area contributed by atoms with Crippen LogP contribution in [-0.2, 0) is 11.3 Å². The Hall–Kier alpha value is -2.93. The first kappa shape index (κ1) is 19.8. The standard InChI is InChI=1S/C21H21BrN4O2/c1-15-19(13-24-26(15)18-9-7-17(22)8-10-18)21(28)25(12-11-20(23)27)14-16-5-3-2-4-6-16/h2-10,13H,11-12,14H2,1H3,(H2,23,27). The highest BCUT2D eigenvalue weighted by atomic mass is 79.9. The first-order chi connectivity index (χ1) is 13.5. The molecule has 144 valence electrons. The van der Waals surface area contributed by atoms with E-state index in [0.29, 0.717) is 12.1 Å². The van der Waals surface area contributed by atoms with Crippen LogP contribution in [0.15, 0.2) is 65.3 Å². The van der Waals surface area contributed by atoms with Crippen molar-refractivity contribution >= 4 is 27.7 Å². The van der Waals surface area contributed by atoms with Gasteiger partial charge >= 0.3 is 0 Å². The molecule has 0 aliphatic rings. The average Bonchev–Trinajstić information content (AvgIpc) is 3.07. The number of aromatic nitrogens is 2. The number of benzene rings is 2. The monoisotopic (exact) mass is 440 g/mol. The molecule has 0 aliphatic carbocycles. The molecule has 0 unspecified atom stereocenters. The largest absolute Gasteiger partial charge is 0.370 e. The van der Waals surface area contributed by atoms with Crippen LogP contribution in [0.4, 0.5) is 0 Å². The van der Waals surface area contributed by atoms with Crippen LogP contribution in [0.5, 0.6) is 0 Å². The molecule has 1 heterocycles. The van der Waals surface area contributed by atoms with Gasteiger partial charge in [-0.2, -0.15) is 5.10 Å². The summed E-state index contributed by atoms with van der Waals surface area (Å²) in [4.78, 5) is 26.1. The molecule has 0 fully saturated rings. The Morgan fingerprint density at radius 2 is 1.79 bits per heavy atom. The van der Waals surface area contributed by atoms with Gasteiger partial charge in [-0.05, 0) is 36.8 Å². The number of carbonyl (C=O) groups is 2. The molecular formula is C21H21BrN4O2. The van der Waals surface area contributed by atoms with Crippen LogP contribution in [0.2, 0.25) is 0 Å². The van der Waals surface area contributed by atoms with Crippen LogP contribution < -0.4 is 5.73 Å². The fourth-order valence-electron chi connectivity index (χ4n) is 2.93. The molecule has 2 N–H and O–H groups in total. The molecule has 3 rings (SSSR count). The molecule has 0 spiro atoms. The summed E-state index contributed by atoms with van der Waals surface area (Å²) in [6, 6.07) is 17.3. The van der Waals surface area contributed by atoms with E-state index in [1.54, 1.807) is 15.8 Å². The highest BCUT2D eigenvalue weighted by molar-refractivity contribution is 9.10. The van der Waals surface area contributed by atoms with Crippen LogP contribution in [0, 0.1) is 6.92 Å². The van der Waals surface area contributed by atoms with E-state index in [4.69, 9.17) is 5.73 Å². The van der Waals surface area contributed by atoms with Gasteiger partial charge in [0.15, 0.2) is 0 Å². The highest BCUT2D eigenvalue weighted by Gasteiger charge is 2.22. The van der Waals surface area contributed by atoms with Crippen LogP contribution in [0.25, 0.3) is 5.69 Å². The molecule has 1 aromatic heterocycles. The summed E-state index contributed by atoms with van der Waals surface area (Å²) in [6.07, 6.45) is 1.68. The lowest BCUT2D eigenvalue weighted by atomic mass is 10.1. The Morgan fingerprint density at radius 1 is 1.11 bits per heavy atom. The molecular weight excluding hydrogens is 420 g/mol. The summed E-state index contributed by atoms with van der Waals surface area (Å²) in [5.41, 5.74) is 8.39. The zero-order valence-corrected chi connectivity index (χ0v) is 17.1. The summed E-state index contributed by atoms with van der Waals surface area (Å²) in [6.45, 7) is 2.51. The van der Waals surface area contributed by atoms with Gasteiger partial charge in [-0.25, -0.2) is 4.68 Å². The molecule has 3 aromatic rings. The maximum atomic E-state index is 13.2. The molecule has 28 heavy (non-hydrogen) atoms. The zero-order valence-electron chi connectivity index (χ0n) is 15.5. The normalized spacial score (nSPS) is 10.6. The maximum absolute atomic E-state index is 13.2. The number of hydrogen-bond donors (Lipinski definition) is 1. The van der Waals surface area contributed by atoms with Gasteiger partial charge in [-0.15, -0.1) is 0 Å². The first-order valence-corrected chi connectivity index (χ1v) is 9.67. The molecule has 0 bridgehead atoms. The fraction of sp³-hybridized carbons (Fsp3) is 0.190. The SMILES string of the molecule is Cc1c(C(=O)N(CCC(N)=O)Cc2ccccc2)cnn1-c1ccc(Br)cc1. The first-order valence-electron chi connectivity index (χ1n) is 8.88. The Labute approximate surface area is 172 Å². The summed E-state index contributed by atoms with van der Waals surface area (Å²) in [7, 11) is 0. The van der Waals surface area contributed by atoms with E-state index in [9.17, 15) is 9.59 Å². The van der Waals surface area contributed by atoms with Crippen molar-refractivity contribution in [1.82, 2.24) is 14.7 Å². The highest BCUT2D eigenvalue weighted by Crippen LogP contribution is 2.19. The number of halogens is 1. The van der Waals surface area contributed by atoms with Gasteiger partial charge in [0, 0.05) is 24.0 Å². The number of nitrogens with zero attached hydrogens (tertiary/aromatic N) is 3. The van der Waals surface area contributed by atoms with Crippen molar-refractivity contribution in [2.75, 3.05) is 6.54 Å². The smallest absolute Gasteiger partial charge is 0.257 e. The second-order valence-electron chi connectivity index (χ2n) is 6.46. The Bertz CT molecular complexity index is 968. The van der Waals surface area contributed by atoms with E-state index in [-0.39, 0.29) is 18.9 Å². The number of nitrogens with two attached hydrogens (primary N) is 1. The van der Waals surface area contributed by atoms with Gasteiger partial charge in [0.05, 0.1) is 23.1 Å². The lowest BCUT2D eigenvalue weighted by Gasteiger charge is -2.22. The zero-order chi connectivity index (χ0) is 20.1. The molecule has 7 heteroatoms. The number of hydrogen-bond acceptors (Lipinski definition) is 3. The second-order valence-corrected chi connectivity index (χ2v) is 7.38. The van der Waals surface area contributed by atoms with Gasteiger partial charge in [-0.3, -0.25) is 9.59 Å². The molecule has 0 saturated heterocycles. The molecule has 6 nitrogen and oxygen atoms in total. The van der Waals surface area contributed by atoms with Crippen molar-refractivity contribution in [1.29, 1.82) is 0 Å². The van der Waals surface area contributed by atoms with Crippen LogP contribution >= 0.6 is 15.9 Å². The Morgan fingerprint density at radius 3 is 2.43 bits per heavy atom. The van der Waals surface area contributed by atoms with E-state index in [1.807, 2.05) is 61.5 Å². The molecule has 0 aliphatic heterocycles. The quantitative estimate of drug-likeness (QED) is 0.610. The Kier molecular flexibility index (Phi) is 6.26. The lowest BCUT2D eigenvalue weighted by Crippen LogP contribution is -2.34. The molecule has 0 atom stereocenters. The van der Waals surface area contributed by atoms with Crippen molar-refractivity contribution in [3.05, 3.63) is 82.1 Å². The van der Waals surface area contributed by atoms with Crippen LogP contribution in [-0.4, -0.2) is 33.0 Å². The third kappa shape index (κ3) is 4.67. The van der Waals surface area contributed by atoms with Gasteiger partial charge in [0.25, 0.3) is 5.91 Å². The van der Waals surface area contributed by atoms with Crippen molar-refractivity contribution in [3.8, 4) is 5.69 Å². The van der Waals surface area contributed by atoms with Crippen LogP contribution in [0.3, 0.4) is 0 Å². The molecule has 0 saturated carbocycles. The fourth-order valence-corrected chi connectivity index (χ4v) is 3.20. The number of rotatable bonds is 7. The van der Waals surface area contributed by atoms with E-state index < -0.39 is 5.91 Å². The molecule has 0 radical (unpaired) electrons. The minimum absolute atomic E-state index is 0.110. The lowest BCUT2D eigenvalue weighted by molar-refractivity contribution is -0.118. The predicted octanol–water partition coefficient (Wildman–Crippen LogP) is 3.46. The summed E-state index contributed by atoms with van der Waals surface area (Å²) in [5, 5.41) is 4.38. The van der Waals surface area contributed by atoms with E-state index in [2.05, 4.69) is 21.0 Å². The number of amides is 2. The third-order valence-corrected chi connectivity index (χ3v) is 4.97. The van der Waals surface area contributed by atoms with Gasteiger partial charge < -0.3 is 10.6 Å². The van der Waals surface area contributed by atoms with E-state index in [0.717, 1.165) is 21.4 Å². The maximum Gasteiger partial charge on any atom is 0.257 e. The van der Waals surface area contributed by atoms with E-state index in [1.165, 1.54) is 0 Å². The number of carbonyl (C=O) groups excluding carboxylic acids is 2. The minimum Gasteiger partial charge on any atom is -0.370 e. The summed E-state index contributed by atoms with van der Waals surface area (Å²) < 4.78 is 2.70. The average molecular weight is 441 g/mol. The molecule has 2 aromatic carbocycles. The van der Waals surface area contributed by atoms with Crippen molar-refractivity contribution in [2.24, 2.45) is 5.73 Å². The van der Waals surface area contributed by atoms with Gasteiger partial charge in [-0.1, -0.05) is 46.3 Å². The van der Waals surface area contributed by atoms with Crippen molar-refractivity contribution < 1.29 is 9.59 Å². The van der Waals surface area contributed by atoms with Gasteiger partial charge in [0.2, 0.25) is 5.91 Å². The Balaban J connectivity index is 1.87. The van der Waals surface area contributed by atoms with Crippen molar-refractivity contribution in [3.63, 3.8) is 0 Å². The second kappa shape index (κ2) is 8.84. The summed E-state index contributed by atoms with van der Waals surface area (Å²) in [5.74, 6) is -0.612. The van der Waals surface area contributed by atoms with Gasteiger partial charge in [0.1, 0.15) is 0 Å². The number of primary amides is 1. The molecule has 2 amide bonds.